The maximum absolute atomic E-state index is 12.9. The van der Waals surface area contributed by atoms with Crippen LogP contribution in [0.4, 0.5) is 0 Å². The molecule has 1 saturated heterocycles. The summed E-state index contributed by atoms with van der Waals surface area (Å²) < 4.78 is 0. The molecule has 154 valence electrons. The van der Waals surface area contributed by atoms with Gasteiger partial charge in [0.15, 0.2) is 5.78 Å². The molecule has 29 heavy (non-hydrogen) atoms. The van der Waals surface area contributed by atoms with Crippen molar-refractivity contribution in [2.75, 3.05) is 33.2 Å². The van der Waals surface area contributed by atoms with E-state index >= 15 is 0 Å². The highest BCUT2D eigenvalue weighted by atomic mass is 35.5. The molecule has 2 aromatic carbocycles. The Bertz CT molecular complexity index is 820. The van der Waals surface area contributed by atoms with Crippen molar-refractivity contribution in [1.29, 1.82) is 0 Å². The Hall–Kier alpha value is -1.91. The van der Waals surface area contributed by atoms with Gasteiger partial charge in [-0.1, -0.05) is 73.4 Å². The molecule has 1 fully saturated rings. The second kappa shape index (κ2) is 11.9. The number of benzene rings is 2. The number of ketones is 1. The predicted molar refractivity (Wildman–Crippen MR) is 126 cm³/mol. The second-order valence-electron chi connectivity index (χ2n) is 6.84. The fraction of sp³-hybridized carbons (Fsp3) is 0.292. The van der Waals surface area contributed by atoms with Gasteiger partial charge >= 0.3 is 0 Å². The van der Waals surface area contributed by atoms with Crippen LogP contribution in [0.15, 0.2) is 59.7 Å². The molecule has 1 aliphatic heterocycles. The van der Waals surface area contributed by atoms with Crippen LogP contribution in [0.25, 0.3) is 12.2 Å². The van der Waals surface area contributed by atoms with Gasteiger partial charge in [-0.25, -0.2) is 0 Å². The summed E-state index contributed by atoms with van der Waals surface area (Å²) >= 11 is 12.4. The smallest absolute Gasteiger partial charge is 0.187 e. The van der Waals surface area contributed by atoms with Gasteiger partial charge in [-0.2, -0.15) is 0 Å². The summed E-state index contributed by atoms with van der Waals surface area (Å²) in [6.45, 7) is 7.59. The van der Waals surface area contributed by atoms with Crippen molar-refractivity contribution >= 4 is 41.1 Å². The number of likely N-dealkylation sites (tertiary alicyclic amines) is 1. The minimum absolute atomic E-state index is 0.0490. The topological polar surface area (TPSA) is 32.3 Å². The van der Waals surface area contributed by atoms with Crippen LogP contribution < -0.4 is 5.32 Å². The molecule has 3 rings (SSSR count). The summed E-state index contributed by atoms with van der Waals surface area (Å²) in [6.07, 6.45) is 3.75. The molecule has 0 spiro atoms. The van der Waals surface area contributed by atoms with Crippen molar-refractivity contribution in [3.8, 4) is 0 Å². The number of carbonyl (C=O) groups is 1. The molecule has 2 aromatic rings. The van der Waals surface area contributed by atoms with Gasteiger partial charge in [0.2, 0.25) is 0 Å². The Morgan fingerprint density at radius 1 is 0.862 bits per heavy atom. The minimum atomic E-state index is 0.0490. The van der Waals surface area contributed by atoms with E-state index < -0.39 is 0 Å². The SMILES string of the molecule is CCNCC.CN1CC(=Cc2ccccc2Cl)C(=O)C(=Cc2ccccc2Cl)C1. The average molecular weight is 431 g/mol. The van der Waals surface area contributed by atoms with Crippen molar-refractivity contribution in [3.05, 3.63) is 80.8 Å². The Morgan fingerprint density at radius 2 is 1.28 bits per heavy atom. The second-order valence-corrected chi connectivity index (χ2v) is 7.66. The van der Waals surface area contributed by atoms with Gasteiger partial charge in [-0.3, -0.25) is 9.69 Å². The third-order valence-electron chi connectivity index (χ3n) is 4.43. The summed E-state index contributed by atoms with van der Waals surface area (Å²) in [5, 5.41) is 4.39. The highest BCUT2D eigenvalue weighted by Crippen LogP contribution is 2.25. The number of carbonyl (C=O) groups excluding carboxylic acids is 1. The third-order valence-corrected chi connectivity index (χ3v) is 5.12. The first-order valence-corrected chi connectivity index (χ1v) is 10.6. The monoisotopic (exact) mass is 430 g/mol. The number of nitrogens with zero attached hydrogens (tertiary/aromatic N) is 1. The molecule has 0 saturated carbocycles. The van der Waals surface area contributed by atoms with E-state index in [0.717, 1.165) is 35.4 Å². The van der Waals surface area contributed by atoms with Gasteiger partial charge in [0.05, 0.1) is 0 Å². The first-order chi connectivity index (χ1) is 14.0. The lowest BCUT2D eigenvalue weighted by Crippen LogP contribution is -2.34. The van der Waals surface area contributed by atoms with Crippen molar-refractivity contribution in [2.45, 2.75) is 13.8 Å². The number of Topliss-reactive ketones (excluding diaryl/α,β-unsaturated/α-hetero) is 1. The number of rotatable bonds is 4. The van der Waals surface area contributed by atoms with Crippen molar-refractivity contribution in [2.24, 2.45) is 0 Å². The first-order valence-electron chi connectivity index (χ1n) is 9.80. The lowest BCUT2D eigenvalue weighted by Gasteiger charge is -2.26. The number of hydrogen-bond donors (Lipinski definition) is 1. The number of nitrogens with one attached hydrogen (secondary N) is 1. The van der Waals surface area contributed by atoms with E-state index in [9.17, 15) is 4.79 Å². The van der Waals surface area contributed by atoms with Crippen LogP contribution in [-0.4, -0.2) is 43.9 Å². The maximum Gasteiger partial charge on any atom is 0.187 e. The summed E-state index contributed by atoms with van der Waals surface area (Å²) in [6, 6.07) is 15.1. The molecule has 0 unspecified atom stereocenters. The summed E-state index contributed by atoms with van der Waals surface area (Å²) in [7, 11) is 1.99. The predicted octanol–water partition coefficient (Wildman–Crippen LogP) is 5.59. The number of likely N-dealkylation sites (N-methyl/N-ethyl adjacent to an activating group) is 1. The molecular weight excluding hydrogens is 403 g/mol. The Balaban J connectivity index is 0.000000537. The summed E-state index contributed by atoms with van der Waals surface area (Å²) in [5.41, 5.74) is 3.18. The largest absolute Gasteiger partial charge is 0.317 e. The third kappa shape index (κ3) is 7.13. The molecule has 1 N–H and O–H groups in total. The van der Waals surface area contributed by atoms with E-state index in [1.807, 2.05) is 67.7 Å². The van der Waals surface area contributed by atoms with Gasteiger partial charge in [0, 0.05) is 34.3 Å². The maximum atomic E-state index is 12.9. The van der Waals surface area contributed by atoms with Crippen LogP contribution in [0.3, 0.4) is 0 Å². The Kier molecular flexibility index (Phi) is 9.62. The van der Waals surface area contributed by atoms with Crippen molar-refractivity contribution < 1.29 is 4.79 Å². The highest BCUT2D eigenvalue weighted by Gasteiger charge is 2.24. The number of piperidine rings is 1. The molecule has 0 atom stereocenters. The zero-order chi connectivity index (χ0) is 21.2. The van der Waals surface area contributed by atoms with Gasteiger partial charge in [-0.15, -0.1) is 0 Å². The number of halogens is 2. The summed E-state index contributed by atoms with van der Waals surface area (Å²) in [5.74, 6) is 0.0490. The van der Waals surface area contributed by atoms with E-state index in [1.54, 1.807) is 0 Å². The Morgan fingerprint density at radius 3 is 1.62 bits per heavy atom. The van der Waals surface area contributed by atoms with Gasteiger partial charge in [0.1, 0.15) is 0 Å². The van der Waals surface area contributed by atoms with Gasteiger partial charge in [0.25, 0.3) is 0 Å². The highest BCUT2D eigenvalue weighted by molar-refractivity contribution is 6.33. The molecular formula is C24H28Cl2N2O. The molecule has 1 aliphatic rings. The lowest BCUT2D eigenvalue weighted by atomic mass is 9.94. The zero-order valence-corrected chi connectivity index (χ0v) is 18.7. The van der Waals surface area contributed by atoms with Crippen LogP contribution in [-0.2, 0) is 4.79 Å². The molecule has 3 nitrogen and oxygen atoms in total. The molecule has 0 amide bonds. The van der Waals surface area contributed by atoms with Crippen LogP contribution in [0, 0.1) is 0 Å². The minimum Gasteiger partial charge on any atom is -0.317 e. The van der Waals surface area contributed by atoms with E-state index in [-0.39, 0.29) is 5.78 Å². The van der Waals surface area contributed by atoms with Crippen LogP contribution in [0.1, 0.15) is 25.0 Å². The van der Waals surface area contributed by atoms with E-state index in [1.165, 1.54) is 0 Å². The normalized spacial score (nSPS) is 17.3. The standard InChI is InChI=1S/C20H17Cl2NO.C4H11N/c1-23-12-16(10-14-6-2-4-8-18(14)21)20(24)17(13-23)11-15-7-3-5-9-19(15)22;1-3-5-4-2/h2-11H,12-13H2,1H3;5H,3-4H2,1-2H3. The van der Waals surface area contributed by atoms with Crippen LogP contribution >= 0.6 is 23.2 Å². The summed E-state index contributed by atoms with van der Waals surface area (Å²) in [4.78, 5) is 15.0. The molecule has 0 radical (unpaired) electrons. The lowest BCUT2D eigenvalue weighted by molar-refractivity contribution is -0.113. The van der Waals surface area contributed by atoms with Crippen molar-refractivity contribution in [3.63, 3.8) is 0 Å². The van der Waals surface area contributed by atoms with E-state index in [0.29, 0.717) is 23.1 Å². The van der Waals surface area contributed by atoms with E-state index in [4.69, 9.17) is 23.2 Å². The first kappa shape index (κ1) is 23.4. The van der Waals surface area contributed by atoms with E-state index in [2.05, 4.69) is 24.1 Å². The molecule has 0 bridgehead atoms. The molecule has 5 heteroatoms. The number of hydrogen-bond acceptors (Lipinski definition) is 3. The quantitative estimate of drug-likeness (QED) is 0.641. The fourth-order valence-electron chi connectivity index (χ4n) is 3.02. The average Bonchev–Trinajstić information content (AvgIpc) is 2.70. The fourth-order valence-corrected chi connectivity index (χ4v) is 3.40. The molecule has 1 heterocycles. The van der Waals surface area contributed by atoms with Crippen molar-refractivity contribution in [1.82, 2.24) is 10.2 Å². The Labute approximate surface area is 184 Å². The van der Waals surface area contributed by atoms with Crippen LogP contribution in [0.5, 0.6) is 0 Å². The van der Waals surface area contributed by atoms with Crippen LogP contribution in [0.2, 0.25) is 10.0 Å². The molecule has 0 aliphatic carbocycles. The van der Waals surface area contributed by atoms with Gasteiger partial charge < -0.3 is 5.32 Å². The molecule has 0 aromatic heterocycles. The zero-order valence-electron chi connectivity index (χ0n) is 17.2. The van der Waals surface area contributed by atoms with Gasteiger partial charge in [-0.05, 0) is 55.5 Å².